The Morgan fingerprint density at radius 3 is 2.59 bits per heavy atom. The standard InChI is InChI=1S/C21H22N2O4/c1-14(20(24)22-12-11-15-7-9-16(26-2)10-8-15)27-21(25)18-13-23-19-6-4-3-5-17(18)19/h3-10,13-14,23H,11-12H2,1-2H3,(H,22,24)/t14-/m1/s1. The second-order valence-electron chi connectivity index (χ2n) is 6.18. The molecule has 0 aliphatic rings. The van der Waals surface area contributed by atoms with Crippen molar-refractivity contribution in [2.45, 2.75) is 19.4 Å². The predicted molar refractivity (Wildman–Crippen MR) is 103 cm³/mol. The third kappa shape index (κ3) is 4.47. The van der Waals surface area contributed by atoms with E-state index >= 15 is 0 Å². The second kappa shape index (κ2) is 8.40. The number of methoxy groups -OCH3 is 1. The molecule has 0 spiro atoms. The molecule has 1 atom stereocenters. The molecule has 2 aromatic carbocycles. The lowest BCUT2D eigenvalue weighted by Gasteiger charge is -2.13. The zero-order valence-electron chi connectivity index (χ0n) is 15.3. The molecule has 6 heteroatoms. The number of ether oxygens (including phenoxy) is 2. The van der Waals surface area contributed by atoms with Gasteiger partial charge in [0.15, 0.2) is 6.10 Å². The number of fused-ring (bicyclic) bond motifs is 1. The van der Waals surface area contributed by atoms with E-state index in [1.165, 1.54) is 0 Å². The Morgan fingerprint density at radius 2 is 1.85 bits per heavy atom. The molecule has 1 amide bonds. The van der Waals surface area contributed by atoms with E-state index < -0.39 is 12.1 Å². The van der Waals surface area contributed by atoms with Crippen molar-refractivity contribution in [1.82, 2.24) is 10.3 Å². The monoisotopic (exact) mass is 366 g/mol. The zero-order valence-corrected chi connectivity index (χ0v) is 15.3. The van der Waals surface area contributed by atoms with Crippen molar-refractivity contribution in [3.05, 3.63) is 65.9 Å². The number of hydrogen-bond donors (Lipinski definition) is 2. The Morgan fingerprint density at radius 1 is 1.11 bits per heavy atom. The lowest BCUT2D eigenvalue weighted by atomic mass is 10.1. The van der Waals surface area contributed by atoms with Gasteiger partial charge < -0.3 is 19.8 Å². The third-order valence-corrected chi connectivity index (χ3v) is 4.33. The van der Waals surface area contributed by atoms with Crippen LogP contribution in [0.5, 0.6) is 5.75 Å². The van der Waals surface area contributed by atoms with Crippen LogP contribution in [0, 0.1) is 0 Å². The van der Waals surface area contributed by atoms with E-state index in [2.05, 4.69) is 10.3 Å². The van der Waals surface area contributed by atoms with E-state index in [1.54, 1.807) is 20.2 Å². The first-order valence-corrected chi connectivity index (χ1v) is 8.76. The normalized spacial score (nSPS) is 11.8. The number of carbonyl (C=O) groups is 2. The van der Waals surface area contributed by atoms with Crippen LogP contribution in [0.3, 0.4) is 0 Å². The van der Waals surface area contributed by atoms with Crippen molar-refractivity contribution in [2.75, 3.05) is 13.7 Å². The molecule has 0 aliphatic carbocycles. The average Bonchev–Trinajstić information content (AvgIpc) is 3.12. The molecule has 27 heavy (non-hydrogen) atoms. The predicted octanol–water partition coefficient (Wildman–Crippen LogP) is 3.08. The summed E-state index contributed by atoms with van der Waals surface area (Å²) in [6.45, 7) is 2.02. The minimum Gasteiger partial charge on any atom is -0.497 e. The van der Waals surface area contributed by atoms with Crippen LogP contribution in [-0.4, -0.2) is 36.6 Å². The van der Waals surface area contributed by atoms with Gasteiger partial charge in [0.2, 0.25) is 0 Å². The smallest absolute Gasteiger partial charge is 0.341 e. The fraction of sp³-hybridized carbons (Fsp3) is 0.238. The van der Waals surface area contributed by atoms with Gasteiger partial charge in [0.25, 0.3) is 5.91 Å². The minimum atomic E-state index is -0.873. The summed E-state index contributed by atoms with van der Waals surface area (Å²) in [5.74, 6) is -0.0532. The molecule has 0 bridgehead atoms. The summed E-state index contributed by atoms with van der Waals surface area (Å²) in [4.78, 5) is 27.6. The van der Waals surface area contributed by atoms with E-state index in [4.69, 9.17) is 9.47 Å². The molecule has 3 rings (SSSR count). The number of para-hydroxylation sites is 1. The fourth-order valence-corrected chi connectivity index (χ4v) is 2.78. The maximum absolute atomic E-state index is 12.4. The van der Waals surface area contributed by atoms with Crippen molar-refractivity contribution in [1.29, 1.82) is 0 Å². The van der Waals surface area contributed by atoms with Gasteiger partial charge in [0.1, 0.15) is 5.75 Å². The van der Waals surface area contributed by atoms with Crippen LogP contribution < -0.4 is 10.1 Å². The molecule has 2 N–H and O–H groups in total. The first kappa shape index (κ1) is 18.5. The fourth-order valence-electron chi connectivity index (χ4n) is 2.78. The van der Waals surface area contributed by atoms with Crippen molar-refractivity contribution < 1.29 is 19.1 Å². The second-order valence-corrected chi connectivity index (χ2v) is 6.18. The number of aromatic nitrogens is 1. The number of amides is 1. The highest BCUT2D eigenvalue weighted by atomic mass is 16.5. The summed E-state index contributed by atoms with van der Waals surface area (Å²) in [6, 6.07) is 15.1. The lowest BCUT2D eigenvalue weighted by Crippen LogP contribution is -2.36. The SMILES string of the molecule is COc1ccc(CCNC(=O)[C@@H](C)OC(=O)c2c[nH]c3ccccc23)cc1. The van der Waals surface area contributed by atoms with Crippen LogP contribution in [0.25, 0.3) is 10.9 Å². The third-order valence-electron chi connectivity index (χ3n) is 4.33. The van der Waals surface area contributed by atoms with Gasteiger partial charge in [-0.1, -0.05) is 30.3 Å². The molecule has 3 aromatic rings. The van der Waals surface area contributed by atoms with Gasteiger partial charge in [-0.2, -0.15) is 0 Å². The summed E-state index contributed by atoms with van der Waals surface area (Å²) in [6.07, 6.45) is 1.40. The molecular formula is C21H22N2O4. The number of nitrogens with one attached hydrogen (secondary N) is 2. The molecule has 140 valence electrons. The minimum absolute atomic E-state index is 0.322. The van der Waals surface area contributed by atoms with Gasteiger partial charge in [-0.15, -0.1) is 0 Å². The number of hydrogen-bond acceptors (Lipinski definition) is 4. The summed E-state index contributed by atoms with van der Waals surface area (Å²) in [5, 5.41) is 3.56. The van der Waals surface area contributed by atoms with Crippen LogP contribution in [0.15, 0.2) is 54.7 Å². The Hall–Kier alpha value is -3.28. The molecular weight excluding hydrogens is 344 g/mol. The molecule has 0 aliphatic heterocycles. The van der Waals surface area contributed by atoms with Crippen LogP contribution in [0.2, 0.25) is 0 Å². The van der Waals surface area contributed by atoms with Crippen molar-refractivity contribution in [2.24, 2.45) is 0 Å². The van der Waals surface area contributed by atoms with E-state index in [0.29, 0.717) is 18.5 Å². The number of esters is 1. The van der Waals surface area contributed by atoms with Crippen LogP contribution in [0.4, 0.5) is 0 Å². The maximum Gasteiger partial charge on any atom is 0.341 e. The zero-order chi connectivity index (χ0) is 19.2. The van der Waals surface area contributed by atoms with Crippen molar-refractivity contribution in [3.8, 4) is 5.75 Å². The molecule has 6 nitrogen and oxygen atoms in total. The summed E-state index contributed by atoms with van der Waals surface area (Å²) in [5.41, 5.74) is 2.35. The molecule has 1 aromatic heterocycles. The number of carbonyl (C=O) groups excluding carboxylic acids is 2. The van der Waals surface area contributed by atoms with E-state index in [0.717, 1.165) is 22.2 Å². The summed E-state index contributed by atoms with van der Waals surface area (Å²) in [7, 11) is 1.62. The van der Waals surface area contributed by atoms with Gasteiger partial charge in [0, 0.05) is 23.6 Å². The van der Waals surface area contributed by atoms with E-state index in [-0.39, 0.29) is 5.91 Å². The van der Waals surface area contributed by atoms with E-state index in [1.807, 2.05) is 48.5 Å². The number of aromatic amines is 1. The lowest BCUT2D eigenvalue weighted by molar-refractivity contribution is -0.129. The van der Waals surface area contributed by atoms with Crippen molar-refractivity contribution >= 4 is 22.8 Å². The maximum atomic E-state index is 12.4. The highest BCUT2D eigenvalue weighted by Crippen LogP contribution is 2.19. The number of benzene rings is 2. The molecule has 0 saturated heterocycles. The molecule has 1 heterocycles. The Bertz CT molecular complexity index is 931. The summed E-state index contributed by atoms with van der Waals surface area (Å²) < 4.78 is 10.4. The topological polar surface area (TPSA) is 80.4 Å². The van der Waals surface area contributed by atoms with Gasteiger partial charge in [-0.05, 0) is 37.1 Å². The van der Waals surface area contributed by atoms with Gasteiger partial charge in [-0.25, -0.2) is 4.79 Å². The molecule has 0 fully saturated rings. The summed E-state index contributed by atoms with van der Waals surface area (Å²) >= 11 is 0. The molecule has 0 radical (unpaired) electrons. The van der Waals surface area contributed by atoms with Crippen LogP contribution >= 0.6 is 0 Å². The Kier molecular flexibility index (Phi) is 5.76. The largest absolute Gasteiger partial charge is 0.497 e. The van der Waals surface area contributed by atoms with Crippen molar-refractivity contribution in [3.63, 3.8) is 0 Å². The first-order valence-electron chi connectivity index (χ1n) is 8.76. The van der Waals surface area contributed by atoms with Gasteiger partial charge in [-0.3, -0.25) is 4.79 Å². The van der Waals surface area contributed by atoms with Gasteiger partial charge in [0.05, 0.1) is 12.7 Å². The Balaban J connectivity index is 1.50. The molecule has 0 unspecified atom stereocenters. The van der Waals surface area contributed by atoms with Crippen LogP contribution in [-0.2, 0) is 16.0 Å². The van der Waals surface area contributed by atoms with Crippen LogP contribution in [0.1, 0.15) is 22.8 Å². The van der Waals surface area contributed by atoms with E-state index in [9.17, 15) is 9.59 Å². The number of rotatable bonds is 7. The van der Waals surface area contributed by atoms with Gasteiger partial charge >= 0.3 is 5.97 Å². The number of H-pyrrole nitrogens is 1. The quantitative estimate of drug-likeness (QED) is 0.630. The highest BCUT2D eigenvalue weighted by molar-refractivity contribution is 6.04. The Labute approximate surface area is 157 Å². The first-order chi connectivity index (χ1) is 13.1. The average molecular weight is 366 g/mol. The molecule has 0 saturated carbocycles. The highest BCUT2D eigenvalue weighted by Gasteiger charge is 2.20.